The lowest BCUT2D eigenvalue weighted by atomic mass is 10.3. The highest BCUT2D eigenvalue weighted by molar-refractivity contribution is 7.99. The van der Waals surface area contributed by atoms with Crippen LogP contribution in [0.1, 0.15) is 19.8 Å². The number of anilines is 1. The van der Waals surface area contributed by atoms with Crippen LogP contribution in [0.15, 0.2) is 23.1 Å². The maximum absolute atomic E-state index is 9.74. The Bertz CT molecular complexity index is 363. The van der Waals surface area contributed by atoms with Crippen LogP contribution in [0.25, 0.3) is 0 Å². The number of ether oxygens (including phenoxy) is 1. The average Bonchev–Trinajstić information content (AvgIpc) is 2.33. The fourth-order valence-electron chi connectivity index (χ4n) is 1.35. The molecule has 0 aliphatic rings. The van der Waals surface area contributed by atoms with E-state index in [0.717, 1.165) is 17.7 Å². The number of thioether (sulfide) groups is 1. The zero-order chi connectivity index (χ0) is 13.4. The molecule has 0 spiro atoms. The Morgan fingerprint density at radius 1 is 1.50 bits per heavy atom. The maximum atomic E-state index is 9.74. The minimum absolute atomic E-state index is 0.375. The van der Waals surface area contributed by atoms with Gasteiger partial charge in [-0.2, -0.15) is 0 Å². The quantitative estimate of drug-likeness (QED) is 0.438. The van der Waals surface area contributed by atoms with Crippen LogP contribution in [0.4, 0.5) is 5.69 Å². The second-order valence-corrected chi connectivity index (χ2v) is 5.57. The Hall–Kier alpha value is -0.420. The van der Waals surface area contributed by atoms with Crippen molar-refractivity contribution < 1.29 is 9.84 Å². The fourth-order valence-corrected chi connectivity index (χ4v) is 2.39. The molecule has 0 saturated carbocycles. The zero-order valence-electron chi connectivity index (χ0n) is 10.6. The smallest absolute Gasteiger partial charge is 0.0867 e. The van der Waals surface area contributed by atoms with Crippen LogP contribution in [0, 0.1) is 0 Å². The molecular formula is C13H20ClNO2S. The van der Waals surface area contributed by atoms with Crippen molar-refractivity contribution >= 4 is 29.1 Å². The Kier molecular flexibility index (Phi) is 7.51. The first-order chi connectivity index (χ1) is 8.63. The summed E-state index contributed by atoms with van der Waals surface area (Å²) >= 11 is 7.33. The molecule has 0 aliphatic carbocycles. The molecule has 0 aliphatic heterocycles. The van der Waals surface area contributed by atoms with Crippen molar-refractivity contribution in [1.82, 2.24) is 0 Å². The van der Waals surface area contributed by atoms with Gasteiger partial charge in [-0.3, -0.25) is 0 Å². The molecular weight excluding hydrogens is 270 g/mol. The van der Waals surface area contributed by atoms with E-state index < -0.39 is 6.10 Å². The van der Waals surface area contributed by atoms with Crippen LogP contribution in [0.2, 0.25) is 5.02 Å². The Balaban J connectivity index is 2.27. The molecule has 0 aromatic heterocycles. The van der Waals surface area contributed by atoms with Crippen molar-refractivity contribution in [2.75, 3.05) is 24.7 Å². The standard InChI is InChI=1S/C13H20ClNO2S/c1-2-3-6-17-8-11(16)9-18-13-5-4-10(14)7-12(13)15/h4-5,7,11,16H,2-3,6,8-9,15H2,1H3. The summed E-state index contributed by atoms with van der Waals surface area (Å²) in [4.78, 5) is 0.937. The lowest BCUT2D eigenvalue weighted by Crippen LogP contribution is -2.18. The molecule has 0 fully saturated rings. The summed E-state index contributed by atoms with van der Waals surface area (Å²) in [6.45, 7) is 3.20. The molecule has 0 saturated heterocycles. The Labute approximate surface area is 118 Å². The largest absolute Gasteiger partial charge is 0.398 e. The van der Waals surface area contributed by atoms with E-state index in [4.69, 9.17) is 22.1 Å². The van der Waals surface area contributed by atoms with E-state index in [9.17, 15) is 5.11 Å². The van der Waals surface area contributed by atoms with Gasteiger partial charge in [0.25, 0.3) is 0 Å². The third-order valence-corrected chi connectivity index (χ3v) is 3.82. The van der Waals surface area contributed by atoms with Gasteiger partial charge < -0.3 is 15.6 Å². The Morgan fingerprint density at radius 3 is 2.94 bits per heavy atom. The van der Waals surface area contributed by atoms with Crippen LogP contribution in [-0.2, 0) is 4.74 Å². The van der Waals surface area contributed by atoms with Gasteiger partial charge in [-0.1, -0.05) is 24.9 Å². The second-order valence-electron chi connectivity index (χ2n) is 4.08. The van der Waals surface area contributed by atoms with E-state index in [1.165, 1.54) is 11.8 Å². The molecule has 1 aromatic carbocycles. The van der Waals surface area contributed by atoms with Crippen molar-refractivity contribution in [2.24, 2.45) is 0 Å². The summed E-state index contributed by atoms with van der Waals surface area (Å²) in [5.74, 6) is 0.567. The van der Waals surface area contributed by atoms with Crippen LogP contribution >= 0.6 is 23.4 Å². The minimum atomic E-state index is -0.470. The summed E-state index contributed by atoms with van der Waals surface area (Å²) in [6.07, 6.45) is 1.66. The third-order valence-electron chi connectivity index (χ3n) is 2.36. The van der Waals surface area contributed by atoms with Crippen molar-refractivity contribution in [3.8, 4) is 0 Å². The van der Waals surface area contributed by atoms with Gasteiger partial charge in [-0.05, 0) is 24.6 Å². The monoisotopic (exact) mass is 289 g/mol. The number of aliphatic hydroxyl groups is 1. The third kappa shape index (κ3) is 5.96. The number of aliphatic hydroxyl groups excluding tert-OH is 1. The van der Waals surface area contributed by atoms with Crippen molar-refractivity contribution in [3.05, 3.63) is 23.2 Å². The zero-order valence-corrected chi connectivity index (χ0v) is 12.1. The van der Waals surface area contributed by atoms with Gasteiger partial charge >= 0.3 is 0 Å². The lowest BCUT2D eigenvalue weighted by Gasteiger charge is -2.12. The van der Waals surface area contributed by atoms with Crippen molar-refractivity contribution in [2.45, 2.75) is 30.8 Å². The molecule has 0 radical (unpaired) electrons. The predicted octanol–water partition coefficient (Wildman–Crippen LogP) is 3.19. The van der Waals surface area contributed by atoms with Gasteiger partial charge in [-0.25, -0.2) is 0 Å². The van der Waals surface area contributed by atoms with Gasteiger partial charge in [0.2, 0.25) is 0 Å². The number of halogens is 1. The van der Waals surface area contributed by atoms with Gasteiger partial charge in [0.05, 0.1) is 12.7 Å². The van der Waals surface area contributed by atoms with E-state index in [2.05, 4.69) is 6.92 Å². The van der Waals surface area contributed by atoms with E-state index in [-0.39, 0.29) is 0 Å². The highest BCUT2D eigenvalue weighted by atomic mass is 35.5. The van der Waals surface area contributed by atoms with E-state index in [1.807, 2.05) is 6.07 Å². The summed E-state index contributed by atoms with van der Waals surface area (Å²) in [5.41, 5.74) is 6.47. The van der Waals surface area contributed by atoms with E-state index >= 15 is 0 Å². The highest BCUT2D eigenvalue weighted by Gasteiger charge is 2.07. The van der Waals surface area contributed by atoms with Gasteiger partial charge in [0.15, 0.2) is 0 Å². The van der Waals surface area contributed by atoms with Crippen molar-refractivity contribution in [1.29, 1.82) is 0 Å². The normalized spacial score (nSPS) is 12.6. The Morgan fingerprint density at radius 2 is 2.28 bits per heavy atom. The molecule has 102 valence electrons. The molecule has 1 unspecified atom stereocenters. The molecule has 1 atom stereocenters. The number of nitrogens with two attached hydrogens (primary N) is 1. The molecule has 3 nitrogen and oxygen atoms in total. The number of nitrogen functional groups attached to an aromatic ring is 1. The summed E-state index contributed by atoms with van der Waals surface area (Å²) in [6, 6.07) is 5.38. The molecule has 3 N–H and O–H groups in total. The fraction of sp³-hybridized carbons (Fsp3) is 0.538. The maximum Gasteiger partial charge on any atom is 0.0867 e. The summed E-state index contributed by atoms with van der Waals surface area (Å²) < 4.78 is 5.36. The minimum Gasteiger partial charge on any atom is -0.398 e. The first kappa shape index (κ1) is 15.6. The first-order valence-corrected chi connectivity index (χ1v) is 7.43. The summed E-state index contributed by atoms with van der Waals surface area (Å²) in [5, 5.41) is 10.4. The predicted molar refractivity (Wildman–Crippen MR) is 78.3 cm³/mol. The molecule has 18 heavy (non-hydrogen) atoms. The molecule has 0 heterocycles. The highest BCUT2D eigenvalue weighted by Crippen LogP contribution is 2.28. The second kappa shape index (κ2) is 8.64. The number of hydrogen-bond donors (Lipinski definition) is 2. The number of hydrogen-bond acceptors (Lipinski definition) is 4. The molecule has 1 rings (SSSR count). The van der Waals surface area contributed by atoms with Crippen LogP contribution in [0.3, 0.4) is 0 Å². The van der Waals surface area contributed by atoms with E-state index in [0.29, 0.717) is 29.7 Å². The number of rotatable bonds is 8. The number of benzene rings is 1. The summed E-state index contributed by atoms with van der Waals surface area (Å²) in [7, 11) is 0. The van der Waals surface area contributed by atoms with Gasteiger partial charge in [-0.15, -0.1) is 11.8 Å². The lowest BCUT2D eigenvalue weighted by molar-refractivity contribution is 0.0473. The van der Waals surface area contributed by atoms with Gasteiger partial charge in [0, 0.05) is 28.0 Å². The molecule has 0 bridgehead atoms. The molecule has 1 aromatic rings. The molecule has 0 amide bonds. The number of unbranched alkanes of at least 4 members (excludes halogenated alkanes) is 1. The average molecular weight is 290 g/mol. The van der Waals surface area contributed by atoms with Crippen molar-refractivity contribution in [3.63, 3.8) is 0 Å². The van der Waals surface area contributed by atoms with Gasteiger partial charge in [0.1, 0.15) is 0 Å². The first-order valence-electron chi connectivity index (χ1n) is 6.07. The molecule has 5 heteroatoms. The van der Waals surface area contributed by atoms with E-state index in [1.54, 1.807) is 12.1 Å². The SMILES string of the molecule is CCCCOCC(O)CSc1ccc(Cl)cc1N. The van der Waals surface area contributed by atoms with Crippen LogP contribution < -0.4 is 5.73 Å². The topological polar surface area (TPSA) is 55.5 Å². The van der Waals surface area contributed by atoms with Crippen LogP contribution in [0.5, 0.6) is 0 Å². The van der Waals surface area contributed by atoms with Crippen LogP contribution in [-0.4, -0.2) is 30.2 Å².